The van der Waals surface area contributed by atoms with E-state index in [-0.39, 0.29) is 5.78 Å². The van der Waals surface area contributed by atoms with Crippen LogP contribution in [0, 0.1) is 8.80 Å². The third-order valence-corrected chi connectivity index (χ3v) is 4.87. The van der Waals surface area contributed by atoms with E-state index in [4.69, 9.17) is 9.47 Å². The number of hydrogen-bond acceptors (Lipinski definition) is 4. The molecule has 0 radical (unpaired) electrons. The van der Waals surface area contributed by atoms with Gasteiger partial charge in [-0.15, -0.1) is 11.3 Å². The van der Waals surface area contributed by atoms with Gasteiger partial charge in [-0.25, -0.2) is 0 Å². The van der Waals surface area contributed by atoms with Crippen LogP contribution < -0.4 is 9.47 Å². The van der Waals surface area contributed by atoms with E-state index in [1.807, 2.05) is 17.5 Å². The summed E-state index contributed by atoms with van der Waals surface area (Å²) < 4.78 is 12.5. The molecule has 1 aliphatic rings. The zero-order chi connectivity index (χ0) is 14.1. The summed E-state index contributed by atoms with van der Waals surface area (Å²) in [6.45, 7) is 3.33. The second-order valence-corrected chi connectivity index (χ2v) is 7.66. The van der Waals surface area contributed by atoms with Gasteiger partial charge in [0.1, 0.15) is 0 Å². The highest BCUT2D eigenvalue weighted by Gasteiger charge is 2.18. The molecule has 1 unspecified atom stereocenters. The van der Waals surface area contributed by atoms with Crippen LogP contribution in [0.2, 0.25) is 0 Å². The number of fused-ring (bicyclic) bond motifs is 1. The van der Waals surface area contributed by atoms with Crippen LogP contribution in [0.25, 0.3) is 0 Å². The Morgan fingerprint density at radius 3 is 2.65 bits per heavy atom. The van der Waals surface area contributed by atoms with E-state index in [2.05, 4.69) is 29.5 Å². The molecule has 1 aromatic carbocycles. The van der Waals surface area contributed by atoms with Gasteiger partial charge in [-0.3, -0.25) is 4.79 Å². The molecule has 2 aromatic rings. The molecule has 0 saturated carbocycles. The minimum absolute atomic E-state index is 0.0212. The molecular weight excluding hydrogens is 387 g/mol. The summed E-state index contributed by atoms with van der Waals surface area (Å²) in [7, 11) is 0. The number of halogens is 1. The first kappa shape index (κ1) is 13.9. The second kappa shape index (κ2) is 5.73. The minimum atomic E-state index is 0.0212. The van der Waals surface area contributed by atoms with Gasteiger partial charge in [-0.05, 0) is 46.9 Å². The molecule has 0 N–H and O–H groups in total. The summed E-state index contributed by atoms with van der Waals surface area (Å²) >= 11 is 3.79. The number of ketones is 1. The van der Waals surface area contributed by atoms with Crippen molar-refractivity contribution in [2.45, 2.75) is 6.92 Å². The molecule has 1 aliphatic heterocycles. The molecule has 2 heterocycles. The topological polar surface area (TPSA) is 35.5 Å². The van der Waals surface area contributed by atoms with Crippen LogP contribution in [0.5, 0.6) is 11.5 Å². The van der Waals surface area contributed by atoms with Crippen LogP contribution in [0.3, 0.4) is 0 Å². The maximum absolute atomic E-state index is 12.4. The van der Waals surface area contributed by atoms with Gasteiger partial charge in [0.15, 0.2) is 17.3 Å². The number of hydrogen-bond donors (Lipinski definition) is 0. The summed E-state index contributed by atoms with van der Waals surface area (Å²) in [4.78, 5) is 12.4. The molecule has 20 heavy (non-hydrogen) atoms. The first-order valence-corrected chi connectivity index (χ1v) is 8.27. The largest absolute Gasteiger partial charge is 0.489 e. The highest BCUT2D eigenvalue weighted by Crippen LogP contribution is 2.32. The fourth-order valence-corrected chi connectivity index (χ4v) is 3.32. The first-order chi connectivity index (χ1) is 9.63. The molecule has 1 atom stereocenters. The summed E-state index contributed by atoms with van der Waals surface area (Å²) in [5.74, 6) is 1.74. The molecule has 0 bridgehead atoms. The number of carbonyl (C=O) groups is 1. The second-order valence-electron chi connectivity index (χ2n) is 4.86. The standard InChI is InChI=1S/C15H13IO3S/c1-9-6-18-12-3-2-10(4-13(12)19-7-9)15(17)11-5-14(16)20-8-11/h2-5,8-9H,6-7H2,1H3. The Hall–Kier alpha value is -1.08. The predicted molar refractivity (Wildman–Crippen MR) is 87.1 cm³/mol. The lowest BCUT2D eigenvalue weighted by atomic mass is 10.1. The average molecular weight is 400 g/mol. The van der Waals surface area contributed by atoms with Gasteiger partial charge < -0.3 is 9.47 Å². The van der Waals surface area contributed by atoms with Crippen molar-refractivity contribution < 1.29 is 14.3 Å². The molecule has 3 nitrogen and oxygen atoms in total. The fraction of sp³-hybridized carbons (Fsp3) is 0.267. The predicted octanol–water partition coefficient (Wildman–Crippen LogP) is 3.99. The maximum Gasteiger partial charge on any atom is 0.194 e. The van der Waals surface area contributed by atoms with Crippen LogP contribution in [0.4, 0.5) is 0 Å². The van der Waals surface area contributed by atoms with Gasteiger partial charge in [0.2, 0.25) is 0 Å². The Kier molecular flexibility index (Phi) is 3.98. The van der Waals surface area contributed by atoms with E-state index in [0.29, 0.717) is 36.2 Å². The van der Waals surface area contributed by atoms with E-state index in [9.17, 15) is 4.79 Å². The van der Waals surface area contributed by atoms with Crippen molar-refractivity contribution in [2.24, 2.45) is 5.92 Å². The van der Waals surface area contributed by atoms with Crippen molar-refractivity contribution in [3.63, 3.8) is 0 Å². The van der Waals surface area contributed by atoms with Crippen LogP contribution in [0.15, 0.2) is 29.6 Å². The van der Waals surface area contributed by atoms with Crippen LogP contribution in [-0.2, 0) is 0 Å². The van der Waals surface area contributed by atoms with Crippen LogP contribution >= 0.6 is 33.9 Å². The monoisotopic (exact) mass is 400 g/mol. The summed E-state index contributed by atoms with van der Waals surface area (Å²) in [6.07, 6.45) is 0. The minimum Gasteiger partial charge on any atom is -0.489 e. The molecule has 1 aromatic heterocycles. The van der Waals surface area contributed by atoms with Gasteiger partial charge in [-0.2, -0.15) is 0 Å². The van der Waals surface area contributed by atoms with Gasteiger partial charge in [0.25, 0.3) is 0 Å². The van der Waals surface area contributed by atoms with E-state index >= 15 is 0 Å². The SMILES string of the molecule is CC1COc2ccc(C(=O)c3csc(I)c3)cc2OC1. The molecule has 104 valence electrons. The van der Waals surface area contributed by atoms with Crippen molar-refractivity contribution >= 4 is 39.7 Å². The van der Waals surface area contributed by atoms with Crippen molar-refractivity contribution in [1.29, 1.82) is 0 Å². The Bertz CT molecular complexity index is 650. The summed E-state index contributed by atoms with van der Waals surface area (Å²) in [6, 6.07) is 7.29. The molecule has 5 heteroatoms. The lowest BCUT2D eigenvalue weighted by Gasteiger charge is -2.08. The van der Waals surface area contributed by atoms with Crippen molar-refractivity contribution in [3.8, 4) is 11.5 Å². The Labute approximate surface area is 135 Å². The highest BCUT2D eigenvalue weighted by atomic mass is 127. The summed E-state index contributed by atoms with van der Waals surface area (Å²) in [5.41, 5.74) is 1.36. The smallest absolute Gasteiger partial charge is 0.194 e. The molecule has 3 rings (SSSR count). The zero-order valence-electron chi connectivity index (χ0n) is 10.9. The van der Waals surface area contributed by atoms with Gasteiger partial charge in [0, 0.05) is 22.4 Å². The summed E-state index contributed by atoms with van der Waals surface area (Å²) in [5, 5.41) is 1.88. The van der Waals surface area contributed by atoms with Crippen molar-refractivity contribution in [3.05, 3.63) is 43.7 Å². The fourth-order valence-electron chi connectivity index (χ4n) is 1.99. The lowest BCUT2D eigenvalue weighted by Crippen LogP contribution is -2.12. The molecular formula is C15H13IO3S. The first-order valence-electron chi connectivity index (χ1n) is 6.32. The average Bonchev–Trinajstić information content (AvgIpc) is 2.80. The van der Waals surface area contributed by atoms with Gasteiger partial charge in [-0.1, -0.05) is 6.92 Å². The molecule has 0 spiro atoms. The Balaban J connectivity index is 1.90. The zero-order valence-corrected chi connectivity index (χ0v) is 13.9. The highest BCUT2D eigenvalue weighted by molar-refractivity contribution is 14.1. The van der Waals surface area contributed by atoms with Crippen LogP contribution in [-0.4, -0.2) is 19.0 Å². The maximum atomic E-state index is 12.4. The number of benzene rings is 1. The molecule has 0 fully saturated rings. The Morgan fingerprint density at radius 1 is 1.20 bits per heavy atom. The normalized spacial score (nSPS) is 17.6. The van der Waals surface area contributed by atoms with E-state index in [1.54, 1.807) is 23.5 Å². The van der Waals surface area contributed by atoms with Crippen molar-refractivity contribution in [1.82, 2.24) is 0 Å². The number of ether oxygens (including phenoxy) is 2. The lowest BCUT2D eigenvalue weighted by molar-refractivity contribution is 0.103. The molecule has 0 saturated heterocycles. The van der Waals surface area contributed by atoms with Crippen molar-refractivity contribution in [2.75, 3.05) is 13.2 Å². The van der Waals surface area contributed by atoms with E-state index in [0.717, 1.165) is 8.45 Å². The van der Waals surface area contributed by atoms with Gasteiger partial charge in [0.05, 0.1) is 16.1 Å². The van der Waals surface area contributed by atoms with E-state index in [1.165, 1.54) is 0 Å². The Morgan fingerprint density at radius 2 is 1.95 bits per heavy atom. The quantitative estimate of drug-likeness (QED) is 0.565. The third-order valence-electron chi connectivity index (χ3n) is 3.08. The molecule has 0 amide bonds. The number of rotatable bonds is 2. The number of carbonyl (C=O) groups excluding carboxylic acids is 1. The van der Waals surface area contributed by atoms with Crippen LogP contribution in [0.1, 0.15) is 22.8 Å². The third kappa shape index (κ3) is 2.83. The van der Waals surface area contributed by atoms with Gasteiger partial charge >= 0.3 is 0 Å². The molecule has 0 aliphatic carbocycles. The van der Waals surface area contributed by atoms with E-state index < -0.39 is 0 Å². The number of thiophene rings is 1.